The molecule has 0 amide bonds. The molecule has 0 radical (unpaired) electrons. The molecule has 1 rings (SSSR count). The maximum absolute atomic E-state index is 11.2. The van der Waals surface area contributed by atoms with Crippen LogP contribution in [0.1, 0.15) is 122 Å². The van der Waals surface area contributed by atoms with Gasteiger partial charge in [0.15, 0.2) is 0 Å². The van der Waals surface area contributed by atoms with Crippen molar-refractivity contribution in [2.75, 3.05) is 0 Å². The van der Waals surface area contributed by atoms with Crippen LogP contribution in [0, 0.1) is 0 Å². The fourth-order valence-electron chi connectivity index (χ4n) is 4.35. The summed E-state index contributed by atoms with van der Waals surface area (Å²) in [7, 11) is 0. The van der Waals surface area contributed by atoms with Gasteiger partial charge in [-0.2, -0.15) is 0 Å². The van der Waals surface area contributed by atoms with E-state index >= 15 is 0 Å². The summed E-state index contributed by atoms with van der Waals surface area (Å²) in [5.41, 5.74) is 0. The van der Waals surface area contributed by atoms with Gasteiger partial charge in [0.2, 0.25) is 0 Å². The summed E-state index contributed by atoms with van der Waals surface area (Å²) in [6, 6.07) is 0. The highest BCUT2D eigenvalue weighted by atomic mass is 16.5. The van der Waals surface area contributed by atoms with Crippen LogP contribution in [0.5, 0.6) is 0 Å². The second-order valence-electron chi connectivity index (χ2n) is 9.40. The highest BCUT2D eigenvalue weighted by molar-refractivity contribution is 5.82. The maximum atomic E-state index is 11.2. The summed E-state index contributed by atoms with van der Waals surface area (Å²) in [5.74, 6) is -0.378. The SMILES string of the molecule is CCCCCCCCCCCCCCC[C@@H](O)C[C@@H](O)C[C@@H](O)C[C@@H]1CC=CC(=O)O1. The molecule has 0 spiro atoms. The summed E-state index contributed by atoms with van der Waals surface area (Å²) in [6.07, 6.45) is 19.9. The monoisotopic (exact) mass is 440 g/mol. The van der Waals surface area contributed by atoms with E-state index in [0.29, 0.717) is 25.7 Å². The molecular weight excluding hydrogens is 392 g/mol. The van der Waals surface area contributed by atoms with Gasteiger partial charge in [-0.05, 0) is 19.3 Å². The van der Waals surface area contributed by atoms with Gasteiger partial charge in [-0.1, -0.05) is 96.5 Å². The minimum absolute atomic E-state index is 0.202. The lowest BCUT2D eigenvalue weighted by Gasteiger charge is -2.23. The van der Waals surface area contributed by atoms with E-state index in [9.17, 15) is 20.1 Å². The Morgan fingerprint density at radius 2 is 1.32 bits per heavy atom. The number of hydrogen-bond donors (Lipinski definition) is 3. The first-order valence-electron chi connectivity index (χ1n) is 12.9. The molecule has 0 saturated carbocycles. The molecule has 0 unspecified atom stereocenters. The Morgan fingerprint density at radius 3 is 1.87 bits per heavy atom. The largest absolute Gasteiger partial charge is 0.459 e. The third kappa shape index (κ3) is 16.4. The van der Waals surface area contributed by atoms with Gasteiger partial charge < -0.3 is 20.1 Å². The molecule has 4 atom stereocenters. The second kappa shape index (κ2) is 18.6. The molecule has 3 N–H and O–H groups in total. The van der Waals surface area contributed by atoms with Crippen molar-refractivity contribution in [1.82, 2.24) is 0 Å². The van der Waals surface area contributed by atoms with Crippen molar-refractivity contribution in [3.8, 4) is 0 Å². The van der Waals surface area contributed by atoms with Gasteiger partial charge in [0.05, 0.1) is 18.3 Å². The second-order valence-corrected chi connectivity index (χ2v) is 9.40. The number of cyclic esters (lactones) is 1. The summed E-state index contributed by atoms with van der Waals surface area (Å²) >= 11 is 0. The van der Waals surface area contributed by atoms with Gasteiger partial charge in [0.25, 0.3) is 0 Å². The fourth-order valence-corrected chi connectivity index (χ4v) is 4.35. The van der Waals surface area contributed by atoms with Crippen molar-refractivity contribution in [3.63, 3.8) is 0 Å². The predicted octanol–water partition coefficient (Wildman–Crippen LogP) is 5.59. The van der Waals surface area contributed by atoms with Gasteiger partial charge in [0, 0.05) is 18.9 Å². The number of esters is 1. The van der Waals surface area contributed by atoms with Crippen LogP contribution in [-0.2, 0) is 9.53 Å². The molecular formula is C26H48O5. The molecule has 1 aliphatic rings. The maximum Gasteiger partial charge on any atom is 0.330 e. The van der Waals surface area contributed by atoms with Crippen LogP contribution in [0.2, 0.25) is 0 Å². The van der Waals surface area contributed by atoms with Gasteiger partial charge >= 0.3 is 5.97 Å². The molecule has 0 fully saturated rings. The fraction of sp³-hybridized carbons (Fsp3) is 0.885. The zero-order valence-corrected chi connectivity index (χ0v) is 19.9. The lowest BCUT2D eigenvalue weighted by atomic mass is 9.97. The normalized spacial score (nSPS) is 19.2. The summed E-state index contributed by atoms with van der Waals surface area (Å²) in [4.78, 5) is 11.2. The van der Waals surface area contributed by atoms with Crippen LogP contribution in [0.3, 0.4) is 0 Å². The van der Waals surface area contributed by atoms with E-state index in [1.807, 2.05) is 0 Å². The third-order valence-corrected chi connectivity index (χ3v) is 6.20. The van der Waals surface area contributed by atoms with E-state index in [-0.39, 0.29) is 18.5 Å². The quantitative estimate of drug-likeness (QED) is 0.170. The number of ether oxygens (including phenoxy) is 1. The summed E-state index contributed by atoms with van der Waals surface area (Å²) in [6.45, 7) is 2.26. The van der Waals surface area contributed by atoms with Gasteiger partial charge in [0.1, 0.15) is 6.10 Å². The first-order valence-corrected chi connectivity index (χ1v) is 12.9. The van der Waals surface area contributed by atoms with E-state index in [0.717, 1.165) is 12.8 Å². The number of carbonyl (C=O) groups excluding carboxylic acids is 1. The Morgan fingerprint density at radius 1 is 0.806 bits per heavy atom. The van der Waals surface area contributed by atoms with Crippen molar-refractivity contribution in [2.24, 2.45) is 0 Å². The number of hydrogen-bond acceptors (Lipinski definition) is 5. The summed E-state index contributed by atoms with van der Waals surface area (Å²) in [5, 5.41) is 30.4. The highest BCUT2D eigenvalue weighted by Crippen LogP contribution is 2.19. The molecule has 0 saturated heterocycles. The van der Waals surface area contributed by atoms with E-state index in [4.69, 9.17) is 4.74 Å². The van der Waals surface area contributed by atoms with E-state index < -0.39 is 18.3 Å². The van der Waals surface area contributed by atoms with Crippen LogP contribution >= 0.6 is 0 Å². The predicted molar refractivity (Wildman–Crippen MR) is 126 cm³/mol. The van der Waals surface area contributed by atoms with Crippen molar-refractivity contribution < 1.29 is 24.9 Å². The Bertz CT molecular complexity index is 465. The topological polar surface area (TPSA) is 87.0 Å². The molecule has 0 bridgehead atoms. The van der Waals surface area contributed by atoms with E-state index in [1.54, 1.807) is 6.08 Å². The number of carbonyl (C=O) groups is 1. The highest BCUT2D eigenvalue weighted by Gasteiger charge is 2.22. The lowest BCUT2D eigenvalue weighted by Crippen LogP contribution is -2.28. The zero-order valence-electron chi connectivity index (χ0n) is 19.9. The molecule has 0 aliphatic carbocycles. The minimum Gasteiger partial charge on any atom is -0.459 e. The molecule has 0 aromatic carbocycles. The van der Waals surface area contributed by atoms with Crippen molar-refractivity contribution in [3.05, 3.63) is 12.2 Å². The Kier molecular flexibility index (Phi) is 16.9. The molecule has 182 valence electrons. The summed E-state index contributed by atoms with van der Waals surface area (Å²) < 4.78 is 5.13. The average Bonchev–Trinajstić information content (AvgIpc) is 2.71. The van der Waals surface area contributed by atoms with E-state index in [1.165, 1.54) is 76.7 Å². The molecule has 0 aromatic heterocycles. The number of unbranched alkanes of at least 4 members (excludes halogenated alkanes) is 12. The number of aliphatic hydroxyl groups excluding tert-OH is 3. The molecule has 1 heterocycles. The van der Waals surface area contributed by atoms with Crippen LogP contribution in [-0.4, -0.2) is 45.7 Å². The van der Waals surface area contributed by atoms with Crippen LogP contribution in [0.25, 0.3) is 0 Å². The van der Waals surface area contributed by atoms with Gasteiger partial charge in [-0.3, -0.25) is 0 Å². The Labute approximate surface area is 190 Å². The molecule has 5 heteroatoms. The van der Waals surface area contributed by atoms with Gasteiger partial charge in [-0.25, -0.2) is 4.79 Å². The van der Waals surface area contributed by atoms with Crippen molar-refractivity contribution in [1.29, 1.82) is 0 Å². The third-order valence-electron chi connectivity index (χ3n) is 6.20. The molecule has 31 heavy (non-hydrogen) atoms. The van der Waals surface area contributed by atoms with Crippen molar-refractivity contribution >= 4 is 5.97 Å². The van der Waals surface area contributed by atoms with Crippen LogP contribution in [0.15, 0.2) is 12.2 Å². The zero-order chi connectivity index (χ0) is 22.7. The first kappa shape index (κ1) is 28.1. The standard InChI is InChI=1S/C26H48O5/c1-2-3-4-5-6-7-8-9-10-11-12-13-14-16-22(27)19-23(28)20-24(29)21-25-17-15-18-26(30)31-25/h15,18,22-25,27-29H,2-14,16-17,19-21H2,1H3/t22-,23-,24-,25+/m1/s1. The lowest BCUT2D eigenvalue weighted by molar-refractivity contribution is -0.145. The minimum atomic E-state index is -0.734. The molecule has 1 aliphatic heterocycles. The Hall–Kier alpha value is -0.910. The first-order chi connectivity index (χ1) is 15.0. The smallest absolute Gasteiger partial charge is 0.330 e. The number of aliphatic hydroxyl groups is 3. The molecule has 5 nitrogen and oxygen atoms in total. The van der Waals surface area contributed by atoms with Gasteiger partial charge in [-0.15, -0.1) is 0 Å². The average molecular weight is 441 g/mol. The molecule has 0 aromatic rings. The van der Waals surface area contributed by atoms with E-state index in [2.05, 4.69) is 6.92 Å². The number of rotatable bonds is 20. The Balaban J connectivity index is 1.91. The van der Waals surface area contributed by atoms with Crippen molar-refractivity contribution in [2.45, 2.75) is 147 Å². The van der Waals surface area contributed by atoms with Crippen LogP contribution in [0.4, 0.5) is 0 Å². The van der Waals surface area contributed by atoms with Crippen LogP contribution < -0.4 is 0 Å².